The lowest BCUT2D eigenvalue weighted by Crippen LogP contribution is -2.40. The Hall–Kier alpha value is -2.11. The fourth-order valence-corrected chi connectivity index (χ4v) is 3.21. The van der Waals surface area contributed by atoms with E-state index in [1.165, 1.54) is 6.07 Å². The van der Waals surface area contributed by atoms with Crippen molar-refractivity contribution in [2.45, 2.75) is 19.3 Å². The first-order valence-corrected chi connectivity index (χ1v) is 8.97. The van der Waals surface area contributed by atoms with Gasteiger partial charge in [-0.2, -0.15) is 0 Å². The van der Waals surface area contributed by atoms with Crippen molar-refractivity contribution >= 4 is 40.7 Å². The van der Waals surface area contributed by atoms with Crippen LogP contribution in [0, 0.1) is 11.2 Å². The topological polar surface area (TPSA) is 58.2 Å². The van der Waals surface area contributed by atoms with Gasteiger partial charge in [0.25, 0.3) is 0 Å². The van der Waals surface area contributed by atoms with E-state index in [0.29, 0.717) is 40.6 Å². The molecule has 0 aliphatic heterocycles. The molecule has 7 heteroatoms. The summed E-state index contributed by atoms with van der Waals surface area (Å²) in [6, 6.07) is 11.3. The number of nitrogens with one attached hydrogen (secondary N) is 2. The first kappa shape index (κ1) is 18.7. The quantitative estimate of drug-likeness (QED) is 0.720. The van der Waals surface area contributed by atoms with Gasteiger partial charge in [-0.25, -0.2) is 4.39 Å². The highest BCUT2D eigenvalue weighted by atomic mass is 35.5. The monoisotopic (exact) mass is 394 g/mol. The van der Waals surface area contributed by atoms with Crippen LogP contribution in [-0.2, 0) is 16.0 Å². The first-order valence-electron chi connectivity index (χ1n) is 8.21. The molecule has 26 heavy (non-hydrogen) atoms. The molecule has 0 atom stereocenters. The zero-order valence-electron chi connectivity index (χ0n) is 13.8. The molecule has 2 aromatic rings. The van der Waals surface area contributed by atoms with Crippen LogP contribution in [0.25, 0.3) is 0 Å². The molecule has 3 rings (SSSR count). The number of benzene rings is 2. The van der Waals surface area contributed by atoms with Crippen LogP contribution in [0.5, 0.6) is 0 Å². The molecular formula is C19H17Cl2FN2O2. The van der Waals surface area contributed by atoms with Crippen LogP contribution in [0.15, 0.2) is 42.5 Å². The number of carbonyl (C=O) groups excluding carboxylic acids is 2. The van der Waals surface area contributed by atoms with Crippen molar-refractivity contribution in [2.75, 3.05) is 11.9 Å². The maximum atomic E-state index is 13.6. The van der Waals surface area contributed by atoms with E-state index in [9.17, 15) is 14.0 Å². The van der Waals surface area contributed by atoms with E-state index in [1.807, 2.05) is 0 Å². The molecule has 0 unspecified atom stereocenters. The van der Waals surface area contributed by atoms with Gasteiger partial charge in [0.2, 0.25) is 11.8 Å². The van der Waals surface area contributed by atoms with Gasteiger partial charge in [-0.1, -0.05) is 47.5 Å². The second kappa shape index (κ2) is 7.64. The zero-order chi connectivity index (χ0) is 18.7. The van der Waals surface area contributed by atoms with Gasteiger partial charge in [0.05, 0.1) is 15.7 Å². The number of rotatable bonds is 6. The molecule has 1 fully saturated rings. The Morgan fingerprint density at radius 1 is 1.00 bits per heavy atom. The Morgan fingerprint density at radius 3 is 2.27 bits per heavy atom. The average Bonchev–Trinajstić information content (AvgIpc) is 3.42. The smallest absolute Gasteiger partial charge is 0.240 e. The number of anilines is 1. The van der Waals surface area contributed by atoms with Crippen LogP contribution in [0.1, 0.15) is 18.4 Å². The third-order valence-corrected chi connectivity index (χ3v) is 5.09. The average molecular weight is 395 g/mol. The second-order valence-corrected chi connectivity index (χ2v) is 7.04. The molecule has 136 valence electrons. The fraction of sp³-hybridized carbons (Fsp3) is 0.263. The summed E-state index contributed by atoms with van der Waals surface area (Å²) in [5, 5.41) is 5.99. The third-order valence-electron chi connectivity index (χ3n) is 4.46. The molecule has 0 heterocycles. The van der Waals surface area contributed by atoms with Gasteiger partial charge in [-0.15, -0.1) is 0 Å². The van der Waals surface area contributed by atoms with Crippen molar-refractivity contribution in [3.63, 3.8) is 0 Å². The van der Waals surface area contributed by atoms with Crippen LogP contribution >= 0.6 is 23.2 Å². The van der Waals surface area contributed by atoms with Crippen molar-refractivity contribution in [3.8, 4) is 0 Å². The number of hydrogen-bond acceptors (Lipinski definition) is 2. The van der Waals surface area contributed by atoms with E-state index >= 15 is 0 Å². The minimum atomic E-state index is -1.11. The van der Waals surface area contributed by atoms with E-state index in [2.05, 4.69) is 10.6 Å². The summed E-state index contributed by atoms with van der Waals surface area (Å²) >= 11 is 12.1. The number of para-hydroxylation sites is 1. The molecule has 0 spiro atoms. The van der Waals surface area contributed by atoms with Crippen molar-refractivity contribution in [1.29, 1.82) is 0 Å². The molecule has 4 nitrogen and oxygen atoms in total. The third kappa shape index (κ3) is 3.84. The van der Waals surface area contributed by atoms with Gasteiger partial charge in [0, 0.05) is 6.54 Å². The zero-order valence-corrected chi connectivity index (χ0v) is 15.3. The largest absolute Gasteiger partial charge is 0.355 e. The van der Waals surface area contributed by atoms with E-state index in [1.54, 1.807) is 36.4 Å². The van der Waals surface area contributed by atoms with Crippen LogP contribution in [0.2, 0.25) is 10.0 Å². The Bertz CT molecular complexity index is 833. The minimum absolute atomic E-state index is 0.252. The maximum absolute atomic E-state index is 13.6. The molecule has 0 aromatic heterocycles. The summed E-state index contributed by atoms with van der Waals surface area (Å²) < 4.78 is 13.6. The predicted molar refractivity (Wildman–Crippen MR) is 99.9 cm³/mol. The standard InChI is InChI=1S/C19H17Cl2FN2O2/c20-13-5-3-6-14(21)16(13)24-18(26)19(9-10-19)17(25)23-11-8-12-4-1-2-7-15(12)22/h1-7H,8-11H2,(H,23,25)(H,24,26). The molecule has 2 aromatic carbocycles. The lowest BCUT2D eigenvalue weighted by Gasteiger charge is -2.17. The minimum Gasteiger partial charge on any atom is -0.355 e. The lowest BCUT2D eigenvalue weighted by atomic mass is 10.0. The van der Waals surface area contributed by atoms with E-state index < -0.39 is 11.3 Å². The fourth-order valence-electron chi connectivity index (χ4n) is 2.71. The number of carbonyl (C=O) groups is 2. The Balaban J connectivity index is 1.60. The van der Waals surface area contributed by atoms with Gasteiger partial charge in [0.15, 0.2) is 0 Å². The van der Waals surface area contributed by atoms with Crippen LogP contribution in [0.4, 0.5) is 10.1 Å². The number of amides is 2. The number of hydrogen-bond donors (Lipinski definition) is 2. The number of halogens is 3. The molecule has 0 radical (unpaired) electrons. The Kier molecular flexibility index (Phi) is 5.49. The van der Waals surface area contributed by atoms with Crippen LogP contribution in [0.3, 0.4) is 0 Å². The van der Waals surface area contributed by atoms with E-state index in [0.717, 1.165) is 0 Å². The van der Waals surface area contributed by atoms with E-state index in [-0.39, 0.29) is 18.3 Å². The highest BCUT2D eigenvalue weighted by Crippen LogP contribution is 2.47. The van der Waals surface area contributed by atoms with Crippen molar-refractivity contribution in [3.05, 3.63) is 63.9 Å². The molecule has 2 amide bonds. The molecule has 0 bridgehead atoms. The van der Waals surface area contributed by atoms with Crippen molar-refractivity contribution in [2.24, 2.45) is 5.41 Å². The highest BCUT2D eigenvalue weighted by molar-refractivity contribution is 6.40. The van der Waals surface area contributed by atoms with Gasteiger partial charge < -0.3 is 10.6 Å². The van der Waals surface area contributed by atoms with Crippen LogP contribution < -0.4 is 10.6 Å². The summed E-state index contributed by atoms with van der Waals surface area (Å²) in [5.41, 5.74) is -0.297. The second-order valence-electron chi connectivity index (χ2n) is 6.23. The normalized spacial score (nSPS) is 14.6. The summed E-state index contributed by atoms with van der Waals surface area (Å²) in [4.78, 5) is 25.1. The first-order chi connectivity index (χ1) is 12.4. The van der Waals surface area contributed by atoms with Gasteiger partial charge in [0.1, 0.15) is 11.2 Å². The summed E-state index contributed by atoms with van der Waals surface area (Å²) in [6.07, 6.45) is 1.26. The molecule has 2 N–H and O–H groups in total. The highest BCUT2D eigenvalue weighted by Gasteiger charge is 2.56. The molecule has 1 aliphatic rings. The molecule has 1 aliphatic carbocycles. The van der Waals surface area contributed by atoms with Crippen LogP contribution in [-0.4, -0.2) is 18.4 Å². The van der Waals surface area contributed by atoms with Crippen molar-refractivity contribution in [1.82, 2.24) is 5.32 Å². The summed E-state index contributed by atoms with van der Waals surface area (Å²) in [5.74, 6) is -1.11. The Morgan fingerprint density at radius 2 is 1.65 bits per heavy atom. The maximum Gasteiger partial charge on any atom is 0.240 e. The predicted octanol–water partition coefficient (Wildman–Crippen LogP) is 4.21. The van der Waals surface area contributed by atoms with E-state index in [4.69, 9.17) is 23.2 Å². The van der Waals surface area contributed by atoms with Gasteiger partial charge in [-0.05, 0) is 43.0 Å². The molecule has 1 saturated carbocycles. The lowest BCUT2D eigenvalue weighted by molar-refractivity contribution is -0.134. The van der Waals surface area contributed by atoms with Gasteiger partial charge in [-0.3, -0.25) is 9.59 Å². The SMILES string of the molecule is O=C(NCCc1ccccc1F)C1(C(=O)Nc2c(Cl)cccc2Cl)CC1. The van der Waals surface area contributed by atoms with Gasteiger partial charge >= 0.3 is 0 Å². The molecule has 0 saturated heterocycles. The Labute approximate surface area is 160 Å². The van der Waals surface area contributed by atoms with Crippen molar-refractivity contribution < 1.29 is 14.0 Å². The molecular weight excluding hydrogens is 378 g/mol. The summed E-state index contributed by atoms with van der Waals surface area (Å²) in [7, 11) is 0. The summed E-state index contributed by atoms with van der Waals surface area (Å²) in [6.45, 7) is 0.252.